The molecule has 1 aliphatic rings. The molecule has 1 aliphatic heterocycles. The molecule has 0 saturated carbocycles. The van der Waals surface area contributed by atoms with Crippen molar-refractivity contribution in [3.05, 3.63) is 72.0 Å². The predicted molar refractivity (Wildman–Crippen MR) is 100 cm³/mol. The van der Waals surface area contributed by atoms with Crippen LogP contribution in [0.15, 0.2) is 66.4 Å². The Morgan fingerprint density at radius 2 is 2.07 bits per heavy atom. The van der Waals surface area contributed by atoms with E-state index in [4.69, 9.17) is 4.74 Å². The Labute approximate surface area is 155 Å². The van der Waals surface area contributed by atoms with Gasteiger partial charge in [-0.1, -0.05) is 12.1 Å². The number of anilines is 2. The zero-order valence-corrected chi connectivity index (χ0v) is 14.9. The first kappa shape index (κ1) is 16.8. The molecule has 2 N–H and O–H groups in total. The van der Waals surface area contributed by atoms with E-state index in [9.17, 15) is 4.79 Å². The van der Waals surface area contributed by atoms with Crippen LogP contribution >= 0.6 is 0 Å². The minimum absolute atomic E-state index is 0.227. The van der Waals surface area contributed by atoms with Gasteiger partial charge in [-0.05, 0) is 36.8 Å². The maximum atomic E-state index is 13.1. The Bertz CT molecular complexity index is 995. The molecule has 0 spiro atoms. The first-order valence-electron chi connectivity index (χ1n) is 8.40. The molecule has 136 valence electrons. The van der Waals surface area contributed by atoms with Gasteiger partial charge in [0, 0.05) is 11.9 Å². The van der Waals surface area contributed by atoms with Crippen LogP contribution < -0.4 is 15.4 Å². The first-order chi connectivity index (χ1) is 13.2. The van der Waals surface area contributed by atoms with E-state index < -0.39 is 6.04 Å². The van der Waals surface area contributed by atoms with Crippen LogP contribution in [0.1, 0.15) is 18.5 Å². The number of benzene rings is 1. The number of nitrogens with one attached hydrogen (secondary N) is 2. The minimum atomic E-state index is -0.411. The van der Waals surface area contributed by atoms with Crippen molar-refractivity contribution in [1.82, 2.24) is 19.7 Å². The Hall–Kier alpha value is -3.68. The van der Waals surface area contributed by atoms with Crippen LogP contribution in [-0.2, 0) is 4.79 Å². The minimum Gasteiger partial charge on any atom is -0.497 e. The molecule has 8 nitrogen and oxygen atoms in total. The van der Waals surface area contributed by atoms with Gasteiger partial charge in [-0.3, -0.25) is 9.78 Å². The second-order valence-corrected chi connectivity index (χ2v) is 6.06. The van der Waals surface area contributed by atoms with Crippen LogP contribution in [-0.4, -0.2) is 32.8 Å². The van der Waals surface area contributed by atoms with E-state index in [0.29, 0.717) is 17.2 Å². The van der Waals surface area contributed by atoms with E-state index in [1.54, 1.807) is 36.3 Å². The molecule has 8 heteroatoms. The fourth-order valence-corrected chi connectivity index (χ4v) is 3.11. The third-order valence-corrected chi connectivity index (χ3v) is 4.39. The highest BCUT2D eigenvalue weighted by atomic mass is 16.5. The Morgan fingerprint density at radius 1 is 1.26 bits per heavy atom. The molecule has 0 fully saturated rings. The Kier molecular flexibility index (Phi) is 4.29. The molecule has 1 aromatic carbocycles. The van der Waals surface area contributed by atoms with Crippen LogP contribution in [0.3, 0.4) is 0 Å². The molecule has 27 heavy (non-hydrogen) atoms. The maximum absolute atomic E-state index is 13.1. The summed E-state index contributed by atoms with van der Waals surface area (Å²) in [5.74, 6) is 1.11. The number of carbonyl (C=O) groups is 1. The summed E-state index contributed by atoms with van der Waals surface area (Å²) in [4.78, 5) is 21.4. The summed E-state index contributed by atoms with van der Waals surface area (Å²) < 4.78 is 6.94. The van der Waals surface area contributed by atoms with Crippen molar-refractivity contribution >= 4 is 17.5 Å². The fourth-order valence-electron chi connectivity index (χ4n) is 3.11. The molecule has 1 amide bonds. The molecule has 4 rings (SSSR count). The summed E-state index contributed by atoms with van der Waals surface area (Å²) in [5, 5.41) is 10.4. The SMILES string of the molecule is COc1ccc([C@H]2C(C(=O)Nc3cccnc3)=C(C)Nc3ncnn32)cc1. The molecular weight excluding hydrogens is 344 g/mol. The average Bonchev–Trinajstić information content (AvgIpc) is 3.15. The number of fused-ring (bicyclic) bond motifs is 1. The largest absolute Gasteiger partial charge is 0.497 e. The van der Waals surface area contributed by atoms with Crippen LogP contribution in [0.25, 0.3) is 0 Å². The summed E-state index contributed by atoms with van der Waals surface area (Å²) in [5.41, 5.74) is 2.81. The number of aromatic nitrogens is 4. The van der Waals surface area contributed by atoms with Gasteiger partial charge in [0.15, 0.2) is 0 Å². The van der Waals surface area contributed by atoms with Gasteiger partial charge < -0.3 is 15.4 Å². The highest BCUT2D eigenvalue weighted by Gasteiger charge is 2.33. The van der Waals surface area contributed by atoms with Crippen molar-refractivity contribution in [2.24, 2.45) is 0 Å². The summed E-state index contributed by atoms with van der Waals surface area (Å²) in [6.45, 7) is 1.85. The summed E-state index contributed by atoms with van der Waals surface area (Å²) >= 11 is 0. The Balaban J connectivity index is 1.75. The normalized spacial score (nSPS) is 15.7. The van der Waals surface area contributed by atoms with Crippen LogP contribution in [0, 0.1) is 0 Å². The lowest BCUT2D eigenvalue weighted by Crippen LogP contribution is -2.31. The number of hydrogen-bond donors (Lipinski definition) is 2. The van der Waals surface area contributed by atoms with Crippen molar-refractivity contribution < 1.29 is 9.53 Å². The lowest BCUT2D eigenvalue weighted by atomic mass is 9.95. The molecular formula is C19H18N6O2. The summed E-state index contributed by atoms with van der Waals surface area (Å²) in [7, 11) is 1.62. The number of amides is 1. The van der Waals surface area contributed by atoms with Crippen molar-refractivity contribution in [3.8, 4) is 5.75 Å². The summed E-state index contributed by atoms with van der Waals surface area (Å²) in [6.07, 6.45) is 4.73. The van der Waals surface area contributed by atoms with Crippen molar-refractivity contribution in [1.29, 1.82) is 0 Å². The number of allylic oxidation sites excluding steroid dienone is 1. The molecule has 0 unspecified atom stereocenters. The number of rotatable bonds is 4. The van der Waals surface area contributed by atoms with E-state index in [0.717, 1.165) is 17.0 Å². The highest BCUT2D eigenvalue weighted by molar-refractivity contribution is 6.05. The van der Waals surface area contributed by atoms with Crippen LogP contribution in [0.5, 0.6) is 5.75 Å². The number of carbonyl (C=O) groups excluding carboxylic acids is 1. The molecule has 0 radical (unpaired) electrons. The van der Waals surface area contributed by atoms with Gasteiger partial charge >= 0.3 is 0 Å². The van der Waals surface area contributed by atoms with Gasteiger partial charge in [0.1, 0.15) is 18.1 Å². The molecule has 0 bridgehead atoms. The highest BCUT2D eigenvalue weighted by Crippen LogP contribution is 2.35. The van der Waals surface area contributed by atoms with Crippen LogP contribution in [0.2, 0.25) is 0 Å². The molecule has 3 heterocycles. The molecule has 0 saturated heterocycles. The first-order valence-corrected chi connectivity index (χ1v) is 8.40. The molecule has 1 atom stereocenters. The van der Waals surface area contributed by atoms with E-state index >= 15 is 0 Å². The second kappa shape index (κ2) is 6.91. The smallest absolute Gasteiger partial charge is 0.255 e. The zero-order chi connectivity index (χ0) is 18.8. The maximum Gasteiger partial charge on any atom is 0.255 e. The third kappa shape index (κ3) is 3.12. The van der Waals surface area contributed by atoms with Crippen molar-refractivity contribution in [2.75, 3.05) is 17.7 Å². The number of ether oxygens (including phenoxy) is 1. The van der Waals surface area contributed by atoms with Gasteiger partial charge in [0.25, 0.3) is 5.91 Å². The number of methoxy groups -OCH3 is 1. The van der Waals surface area contributed by atoms with E-state index in [2.05, 4.69) is 25.7 Å². The van der Waals surface area contributed by atoms with Crippen molar-refractivity contribution in [3.63, 3.8) is 0 Å². The molecule has 3 aromatic rings. The number of nitrogens with zero attached hydrogens (tertiary/aromatic N) is 4. The van der Waals surface area contributed by atoms with E-state index in [-0.39, 0.29) is 5.91 Å². The Morgan fingerprint density at radius 3 is 2.78 bits per heavy atom. The zero-order valence-electron chi connectivity index (χ0n) is 14.9. The van der Waals surface area contributed by atoms with Crippen molar-refractivity contribution in [2.45, 2.75) is 13.0 Å². The monoisotopic (exact) mass is 362 g/mol. The van der Waals surface area contributed by atoms with Crippen LogP contribution in [0.4, 0.5) is 11.6 Å². The van der Waals surface area contributed by atoms with E-state index in [1.807, 2.05) is 31.2 Å². The molecule has 2 aromatic heterocycles. The number of hydrogen-bond acceptors (Lipinski definition) is 6. The standard InChI is InChI=1S/C19H18N6O2/c1-12-16(18(26)24-14-4-3-9-20-10-14)17(25-19(23-12)21-11-22-25)13-5-7-15(27-2)8-6-13/h3-11,17H,1-2H3,(H,24,26)(H,21,22,23)/t17-/m0/s1. The van der Waals surface area contributed by atoms with Gasteiger partial charge in [-0.25, -0.2) is 4.68 Å². The number of pyridine rings is 1. The fraction of sp³-hybridized carbons (Fsp3) is 0.158. The van der Waals surface area contributed by atoms with Gasteiger partial charge in [0.2, 0.25) is 5.95 Å². The van der Waals surface area contributed by atoms with E-state index in [1.165, 1.54) is 6.33 Å². The topological polar surface area (TPSA) is 94.0 Å². The quantitative estimate of drug-likeness (QED) is 0.741. The average molecular weight is 362 g/mol. The molecule has 0 aliphatic carbocycles. The second-order valence-electron chi connectivity index (χ2n) is 6.06. The lowest BCUT2D eigenvalue weighted by molar-refractivity contribution is -0.113. The third-order valence-electron chi connectivity index (χ3n) is 4.39. The lowest BCUT2D eigenvalue weighted by Gasteiger charge is -2.28. The van der Waals surface area contributed by atoms with Gasteiger partial charge in [-0.15, -0.1) is 0 Å². The predicted octanol–water partition coefficient (Wildman–Crippen LogP) is 2.61. The van der Waals surface area contributed by atoms with Gasteiger partial charge in [0.05, 0.1) is 24.6 Å². The van der Waals surface area contributed by atoms with Gasteiger partial charge in [-0.2, -0.15) is 10.1 Å². The summed E-state index contributed by atoms with van der Waals surface area (Å²) in [6, 6.07) is 10.7.